The van der Waals surface area contributed by atoms with E-state index in [4.69, 9.17) is 15.2 Å². The van der Waals surface area contributed by atoms with Crippen molar-refractivity contribution in [2.45, 2.75) is 19.9 Å². The summed E-state index contributed by atoms with van der Waals surface area (Å²) in [6.45, 7) is 4.42. The number of rotatable bonds is 5. The van der Waals surface area contributed by atoms with Crippen LogP contribution in [0.15, 0.2) is 12.1 Å². The van der Waals surface area contributed by atoms with Crippen LogP contribution >= 0.6 is 0 Å². The Morgan fingerprint density at radius 1 is 1.38 bits per heavy atom. The summed E-state index contributed by atoms with van der Waals surface area (Å²) in [7, 11) is 1.60. The van der Waals surface area contributed by atoms with E-state index in [2.05, 4.69) is 0 Å². The van der Waals surface area contributed by atoms with Crippen LogP contribution in [0.25, 0.3) is 0 Å². The first-order valence-electron chi connectivity index (χ1n) is 5.23. The van der Waals surface area contributed by atoms with Crippen molar-refractivity contribution >= 4 is 0 Å². The second-order valence-corrected chi connectivity index (χ2v) is 3.77. The molecule has 0 radical (unpaired) electrons. The lowest BCUT2D eigenvalue weighted by Crippen LogP contribution is -2.11. The molecule has 3 nitrogen and oxygen atoms in total. The second-order valence-electron chi connectivity index (χ2n) is 3.77. The molecular formula is C12H18FNO2. The van der Waals surface area contributed by atoms with E-state index in [1.807, 2.05) is 0 Å². The third-order valence-corrected chi connectivity index (χ3v) is 2.33. The van der Waals surface area contributed by atoms with E-state index >= 15 is 0 Å². The van der Waals surface area contributed by atoms with Crippen molar-refractivity contribution in [1.29, 1.82) is 0 Å². The minimum atomic E-state index is -0.258. The molecule has 0 unspecified atom stereocenters. The van der Waals surface area contributed by atoms with E-state index in [1.165, 1.54) is 6.07 Å². The molecule has 0 aliphatic carbocycles. The largest absolute Gasteiger partial charge is 0.491 e. The van der Waals surface area contributed by atoms with Gasteiger partial charge in [0.1, 0.15) is 18.2 Å². The molecule has 1 rings (SSSR count). The molecule has 0 saturated heterocycles. The molecule has 0 bridgehead atoms. The van der Waals surface area contributed by atoms with Crippen LogP contribution in [0.4, 0.5) is 4.39 Å². The normalized spacial score (nSPS) is 12.6. The summed E-state index contributed by atoms with van der Waals surface area (Å²) in [4.78, 5) is 0. The zero-order chi connectivity index (χ0) is 12.1. The van der Waals surface area contributed by atoms with Crippen molar-refractivity contribution in [3.05, 3.63) is 29.1 Å². The van der Waals surface area contributed by atoms with E-state index in [9.17, 15) is 4.39 Å². The van der Waals surface area contributed by atoms with Gasteiger partial charge in [-0.2, -0.15) is 0 Å². The maximum Gasteiger partial charge on any atom is 0.126 e. The average Bonchev–Trinajstić information content (AvgIpc) is 2.23. The molecule has 0 heterocycles. The highest BCUT2D eigenvalue weighted by atomic mass is 19.1. The number of methoxy groups -OCH3 is 1. The monoisotopic (exact) mass is 227 g/mol. The Hall–Kier alpha value is -1.13. The van der Waals surface area contributed by atoms with Crippen molar-refractivity contribution < 1.29 is 13.9 Å². The lowest BCUT2D eigenvalue weighted by Gasteiger charge is -2.15. The third-order valence-electron chi connectivity index (χ3n) is 2.33. The number of ether oxygens (including phenoxy) is 2. The molecule has 1 aromatic carbocycles. The fraction of sp³-hybridized carbons (Fsp3) is 0.500. The van der Waals surface area contributed by atoms with Gasteiger partial charge in [-0.15, -0.1) is 0 Å². The lowest BCUT2D eigenvalue weighted by molar-refractivity contribution is 0.145. The standard InChI is InChI=1S/C12H18FNO2/c1-8-6-12(16-5-4-15-3)10(9(2)14)7-11(8)13/h6-7,9H,4-5,14H2,1-3H3/t9-/m0/s1. The van der Waals surface area contributed by atoms with Gasteiger partial charge in [0.2, 0.25) is 0 Å². The molecule has 4 heteroatoms. The van der Waals surface area contributed by atoms with Crippen LogP contribution in [-0.2, 0) is 4.74 Å². The molecule has 0 saturated carbocycles. The molecule has 0 amide bonds. The molecule has 0 aliphatic heterocycles. The molecule has 16 heavy (non-hydrogen) atoms. The fourth-order valence-corrected chi connectivity index (χ4v) is 1.39. The quantitative estimate of drug-likeness (QED) is 0.784. The Morgan fingerprint density at radius 3 is 2.62 bits per heavy atom. The Bertz CT molecular complexity index is 353. The first-order chi connectivity index (χ1) is 7.56. The summed E-state index contributed by atoms with van der Waals surface area (Å²) in [5.41, 5.74) is 6.99. The minimum Gasteiger partial charge on any atom is -0.491 e. The summed E-state index contributed by atoms with van der Waals surface area (Å²) in [5, 5.41) is 0. The SMILES string of the molecule is COCCOc1cc(C)c(F)cc1[C@H](C)N. The van der Waals surface area contributed by atoms with Crippen LogP contribution in [0.3, 0.4) is 0 Å². The Labute approximate surface area is 95.4 Å². The first-order valence-corrected chi connectivity index (χ1v) is 5.23. The number of halogens is 1. The number of benzene rings is 1. The highest BCUT2D eigenvalue weighted by Crippen LogP contribution is 2.27. The highest BCUT2D eigenvalue weighted by Gasteiger charge is 2.11. The Morgan fingerprint density at radius 2 is 2.06 bits per heavy atom. The predicted octanol–water partition coefficient (Wildman–Crippen LogP) is 2.18. The zero-order valence-corrected chi connectivity index (χ0v) is 9.92. The number of hydrogen-bond donors (Lipinski definition) is 1. The van der Waals surface area contributed by atoms with E-state index < -0.39 is 0 Å². The smallest absolute Gasteiger partial charge is 0.126 e. The summed E-state index contributed by atoms with van der Waals surface area (Å²) in [6.07, 6.45) is 0. The van der Waals surface area contributed by atoms with E-state index in [0.29, 0.717) is 30.1 Å². The van der Waals surface area contributed by atoms with E-state index in [0.717, 1.165) is 0 Å². The van der Waals surface area contributed by atoms with Gasteiger partial charge >= 0.3 is 0 Å². The Balaban J connectivity index is 2.91. The predicted molar refractivity (Wildman–Crippen MR) is 61.1 cm³/mol. The molecule has 0 aliphatic rings. The van der Waals surface area contributed by atoms with Gasteiger partial charge in [-0.25, -0.2) is 4.39 Å². The van der Waals surface area contributed by atoms with Crippen LogP contribution in [0.5, 0.6) is 5.75 Å². The summed E-state index contributed by atoms with van der Waals surface area (Å²) in [5.74, 6) is 0.373. The zero-order valence-electron chi connectivity index (χ0n) is 9.92. The van der Waals surface area contributed by atoms with Crippen LogP contribution in [-0.4, -0.2) is 20.3 Å². The highest BCUT2D eigenvalue weighted by molar-refractivity contribution is 5.39. The second kappa shape index (κ2) is 5.82. The number of nitrogens with two attached hydrogens (primary N) is 1. The minimum absolute atomic E-state index is 0.257. The fourth-order valence-electron chi connectivity index (χ4n) is 1.39. The molecule has 2 N–H and O–H groups in total. The van der Waals surface area contributed by atoms with Gasteiger partial charge in [-0.1, -0.05) is 0 Å². The van der Waals surface area contributed by atoms with Gasteiger partial charge < -0.3 is 15.2 Å². The van der Waals surface area contributed by atoms with Crippen molar-refractivity contribution in [3.8, 4) is 5.75 Å². The van der Waals surface area contributed by atoms with Gasteiger partial charge in [0.25, 0.3) is 0 Å². The van der Waals surface area contributed by atoms with Gasteiger partial charge in [0.05, 0.1) is 6.61 Å². The molecular weight excluding hydrogens is 209 g/mol. The lowest BCUT2D eigenvalue weighted by atomic mass is 10.1. The molecule has 0 spiro atoms. The van der Waals surface area contributed by atoms with E-state index in [1.54, 1.807) is 27.0 Å². The van der Waals surface area contributed by atoms with E-state index in [-0.39, 0.29) is 11.9 Å². The first kappa shape index (κ1) is 12.9. The molecule has 1 aromatic rings. The summed E-state index contributed by atoms with van der Waals surface area (Å²) >= 11 is 0. The topological polar surface area (TPSA) is 44.5 Å². The number of aryl methyl sites for hydroxylation is 1. The molecule has 90 valence electrons. The van der Waals surface area contributed by atoms with Gasteiger partial charge in [0, 0.05) is 18.7 Å². The summed E-state index contributed by atoms with van der Waals surface area (Å²) in [6, 6.07) is 2.85. The van der Waals surface area contributed by atoms with Gasteiger partial charge in [0.15, 0.2) is 0 Å². The van der Waals surface area contributed by atoms with Crippen molar-refractivity contribution in [3.63, 3.8) is 0 Å². The maximum atomic E-state index is 13.4. The molecule has 1 atom stereocenters. The van der Waals surface area contributed by atoms with Crippen molar-refractivity contribution in [1.82, 2.24) is 0 Å². The van der Waals surface area contributed by atoms with Crippen LogP contribution in [0.1, 0.15) is 24.1 Å². The van der Waals surface area contributed by atoms with Crippen LogP contribution < -0.4 is 10.5 Å². The van der Waals surface area contributed by atoms with Gasteiger partial charge in [-0.3, -0.25) is 0 Å². The average molecular weight is 227 g/mol. The maximum absolute atomic E-state index is 13.4. The Kier molecular flexibility index (Phi) is 4.71. The van der Waals surface area contributed by atoms with Crippen molar-refractivity contribution in [2.75, 3.05) is 20.3 Å². The summed E-state index contributed by atoms with van der Waals surface area (Å²) < 4.78 is 23.8. The molecule has 0 aromatic heterocycles. The number of hydrogen-bond acceptors (Lipinski definition) is 3. The van der Waals surface area contributed by atoms with Crippen LogP contribution in [0.2, 0.25) is 0 Å². The van der Waals surface area contributed by atoms with Crippen molar-refractivity contribution in [2.24, 2.45) is 5.73 Å². The van der Waals surface area contributed by atoms with Gasteiger partial charge in [-0.05, 0) is 31.5 Å². The van der Waals surface area contributed by atoms with Crippen LogP contribution in [0, 0.1) is 12.7 Å². The third kappa shape index (κ3) is 3.18. The molecule has 0 fully saturated rings.